The number of carbonyl (C=O) groups excluding carboxylic acids is 1. The van der Waals surface area contributed by atoms with Gasteiger partial charge in [0, 0.05) is 19.0 Å². The number of carboxylic acid groups (broad SMARTS) is 1. The molecule has 5 heteroatoms. The summed E-state index contributed by atoms with van der Waals surface area (Å²) in [4.78, 5) is 25.3. The lowest BCUT2D eigenvalue weighted by atomic mass is 9.89. The Hall–Kier alpha value is -2.82. The van der Waals surface area contributed by atoms with Crippen LogP contribution in [-0.4, -0.2) is 35.2 Å². The summed E-state index contributed by atoms with van der Waals surface area (Å²) in [5.74, 6) is -1.72. The minimum Gasteiger partial charge on any atom is -0.481 e. The molecule has 0 saturated carbocycles. The van der Waals surface area contributed by atoms with Crippen LogP contribution in [0.25, 0.3) is 0 Å². The monoisotopic (exact) mass is 325 g/mol. The second-order valence-corrected chi connectivity index (χ2v) is 5.91. The SMILES string of the molecule is O=C(O)[C@@H]1CN(C(=O)OCc2ccccc2)C[C@H]1c1ccccc1. The molecule has 1 saturated heterocycles. The highest BCUT2D eigenvalue weighted by Gasteiger charge is 2.41. The van der Waals surface area contributed by atoms with Crippen LogP contribution in [0.1, 0.15) is 17.0 Å². The van der Waals surface area contributed by atoms with Crippen molar-refractivity contribution in [1.82, 2.24) is 4.90 Å². The summed E-state index contributed by atoms with van der Waals surface area (Å²) in [6.45, 7) is 0.709. The van der Waals surface area contributed by atoms with Crippen LogP contribution in [0.15, 0.2) is 60.7 Å². The van der Waals surface area contributed by atoms with Crippen molar-refractivity contribution in [3.05, 3.63) is 71.8 Å². The molecule has 1 N–H and O–H groups in total. The number of carboxylic acids is 1. The van der Waals surface area contributed by atoms with Crippen molar-refractivity contribution in [2.75, 3.05) is 13.1 Å². The van der Waals surface area contributed by atoms with E-state index in [2.05, 4.69) is 0 Å². The first-order valence-corrected chi connectivity index (χ1v) is 7.88. The van der Waals surface area contributed by atoms with Gasteiger partial charge in [-0.1, -0.05) is 60.7 Å². The van der Waals surface area contributed by atoms with Gasteiger partial charge in [-0.15, -0.1) is 0 Å². The maximum absolute atomic E-state index is 12.3. The number of hydrogen-bond donors (Lipinski definition) is 1. The average Bonchev–Trinajstić information content (AvgIpc) is 3.07. The lowest BCUT2D eigenvalue weighted by Gasteiger charge is -2.16. The van der Waals surface area contributed by atoms with E-state index in [9.17, 15) is 14.7 Å². The molecule has 0 aromatic heterocycles. The molecule has 24 heavy (non-hydrogen) atoms. The highest BCUT2D eigenvalue weighted by atomic mass is 16.6. The Kier molecular flexibility index (Phi) is 4.79. The van der Waals surface area contributed by atoms with Gasteiger partial charge in [-0.3, -0.25) is 4.79 Å². The summed E-state index contributed by atoms with van der Waals surface area (Å²) in [5, 5.41) is 9.47. The molecule has 0 unspecified atom stereocenters. The van der Waals surface area contributed by atoms with Crippen LogP contribution in [0.2, 0.25) is 0 Å². The first kappa shape index (κ1) is 16.1. The van der Waals surface area contributed by atoms with Crippen molar-refractivity contribution in [2.24, 2.45) is 5.92 Å². The highest BCUT2D eigenvalue weighted by molar-refractivity contribution is 5.75. The molecule has 2 atom stereocenters. The predicted molar refractivity (Wildman–Crippen MR) is 88.5 cm³/mol. The van der Waals surface area contributed by atoms with E-state index in [-0.39, 0.29) is 19.1 Å². The Morgan fingerprint density at radius 3 is 2.25 bits per heavy atom. The summed E-state index contributed by atoms with van der Waals surface area (Å²) >= 11 is 0. The van der Waals surface area contributed by atoms with E-state index < -0.39 is 18.0 Å². The Morgan fingerprint density at radius 1 is 1.00 bits per heavy atom. The van der Waals surface area contributed by atoms with Crippen molar-refractivity contribution < 1.29 is 19.4 Å². The number of amides is 1. The van der Waals surface area contributed by atoms with Crippen LogP contribution < -0.4 is 0 Å². The van der Waals surface area contributed by atoms with Gasteiger partial charge < -0.3 is 14.7 Å². The first-order valence-electron chi connectivity index (χ1n) is 7.88. The molecule has 1 aliphatic rings. The van der Waals surface area contributed by atoms with Crippen LogP contribution in [-0.2, 0) is 16.1 Å². The van der Waals surface area contributed by atoms with E-state index in [0.717, 1.165) is 11.1 Å². The van der Waals surface area contributed by atoms with Gasteiger partial charge in [0.25, 0.3) is 0 Å². The van der Waals surface area contributed by atoms with Crippen molar-refractivity contribution in [3.8, 4) is 0 Å². The number of ether oxygens (including phenoxy) is 1. The van der Waals surface area contributed by atoms with E-state index in [1.165, 1.54) is 4.90 Å². The third-order valence-electron chi connectivity index (χ3n) is 4.33. The van der Waals surface area contributed by atoms with Crippen LogP contribution in [0.4, 0.5) is 4.79 Å². The summed E-state index contributed by atoms with van der Waals surface area (Å²) < 4.78 is 5.32. The second-order valence-electron chi connectivity index (χ2n) is 5.91. The zero-order valence-corrected chi connectivity index (χ0v) is 13.2. The van der Waals surface area contributed by atoms with Gasteiger partial charge >= 0.3 is 12.1 Å². The molecule has 0 radical (unpaired) electrons. The standard InChI is InChI=1S/C19H19NO4/c21-18(22)17-12-20(11-16(17)15-9-5-2-6-10-15)19(23)24-13-14-7-3-1-4-8-14/h1-10,16-17H,11-13H2,(H,21,22)/t16-,17+/m0/s1. The Labute approximate surface area is 140 Å². The third kappa shape index (κ3) is 3.56. The average molecular weight is 325 g/mol. The van der Waals surface area contributed by atoms with Crippen LogP contribution >= 0.6 is 0 Å². The van der Waals surface area contributed by atoms with Gasteiger partial charge in [-0.05, 0) is 11.1 Å². The van der Waals surface area contributed by atoms with Gasteiger partial charge in [-0.25, -0.2) is 4.79 Å². The molecule has 2 aromatic carbocycles. The van der Waals surface area contributed by atoms with Crippen molar-refractivity contribution in [1.29, 1.82) is 0 Å². The largest absolute Gasteiger partial charge is 0.481 e. The lowest BCUT2D eigenvalue weighted by molar-refractivity contribution is -0.141. The molecule has 0 aliphatic carbocycles. The molecular formula is C19H19NO4. The van der Waals surface area contributed by atoms with Crippen LogP contribution in [0.5, 0.6) is 0 Å². The normalized spacial score (nSPS) is 19.9. The van der Waals surface area contributed by atoms with E-state index in [0.29, 0.717) is 6.54 Å². The zero-order valence-electron chi connectivity index (χ0n) is 13.2. The molecule has 0 spiro atoms. The maximum atomic E-state index is 12.3. The van der Waals surface area contributed by atoms with E-state index >= 15 is 0 Å². The van der Waals surface area contributed by atoms with Gasteiger partial charge in [0.05, 0.1) is 5.92 Å². The minimum absolute atomic E-state index is 0.169. The first-order chi connectivity index (χ1) is 11.6. The number of benzene rings is 2. The van der Waals surface area contributed by atoms with Crippen molar-refractivity contribution in [3.63, 3.8) is 0 Å². The number of rotatable bonds is 4. The number of aliphatic carboxylic acids is 1. The minimum atomic E-state index is -0.887. The Bertz CT molecular complexity index is 702. The van der Waals surface area contributed by atoms with Gasteiger partial charge in [0.1, 0.15) is 6.61 Å². The molecule has 1 fully saturated rings. The number of nitrogens with zero attached hydrogens (tertiary/aromatic N) is 1. The fourth-order valence-electron chi connectivity index (χ4n) is 3.05. The smallest absolute Gasteiger partial charge is 0.410 e. The summed E-state index contributed by atoms with van der Waals surface area (Å²) in [6.07, 6.45) is -0.469. The third-order valence-corrected chi connectivity index (χ3v) is 4.33. The topological polar surface area (TPSA) is 66.8 Å². The molecular weight excluding hydrogens is 306 g/mol. The molecule has 1 aliphatic heterocycles. The predicted octanol–water partition coefficient (Wildman–Crippen LogP) is 3.12. The van der Waals surface area contributed by atoms with Gasteiger partial charge in [0.15, 0.2) is 0 Å². The molecule has 3 rings (SSSR count). The molecule has 2 aromatic rings. The fourth-order valence-corrected chi connectivity index (χ4v) is 3.05. The van der Waals surface area contributed by atoms with E-state index in [4.69, 9.17) is 4.74 Å². The highest BCUT2D eigenvalue weighted by Crippen LogP contribution is 2.33. The number of hydrogen-bond acceptors (Lipinski definition) is 3. The molecule has 5 nitrogen and oxygen atoms in total. The summed E-state index contributed by atoms with van der Waals surface area (Å²) in [6, 6.07) is 18.9. The van der Waals surface area contributed by atoms with Crippen molar-refractivity contribution >= 4 is 12.1 Å². The summed E-state index contributed by atoms with van der Waals surface area (Å²) in [5.41, 5.74) is 1.84. The maximum Gasteiger partial charge on any atom is 0.410 e. The second kappa shape index (κ2) is 7.17. The van der Waals surface area contributed by atoms with Gasteiger partial charge in [-0.2, -0.15) is 0 Å². The Balaban J connectivity index is 1.66. The number of likely N-dealkylation sites (tertiary alicyclic amines) is 1. The molecule has 0 bridgehead atoms. The zero-order chi connectivity index (χ0) is 16.9. The summed E-state index contributed by atoms with van der Waals surface area (Å²) in [7, 11) is 0. The Morgan fingerprint density at radius 2 is 1.62 bits per heavy atom. The molecule has 124 valence electrons. The molecule has 1 heterocycles. The van der Waals surface area contributed by atoms with Crippen LogP contribution in [0, 0.1) is 5.92 Å². The fraction of sp³-hybridized carbons (Fsp3) is 0.263. The quantitative estimate of drug-likeness (QED) is 0.938. The van der Waals surface area contributed by atoms with Crippen LogP contribution in [0.3, 0.4) is 0 Å². The number of carbonyl (C=O) groups is 2. The van der Waals surface area contributed by atoms with Crippen molar-refractivity contribution in [2.45, 2.75) is 12.5 Å². The van der Waals surface area contributed by atoms with E-state index in [1.54, 1.807) is 0 Å². The molecule has 1 amide bonds. The van der Waals surface area contributed by atoms with E-state index in [1.807, 2.05) is 60.7 Å². The lowest BCUT2D eigenvalue weighted by Crippen LogP contribution is -2.30. The van der Waals surface area contributed by atoms with Gasteiger partial charge in [0.2, 0.25) is 0 Å².